The minimum Gasteiger partial charge on any atom is -0.423 e. The Morgan fingerprint density at radius 1 is 1.00 bits per heavy atom. The second-order valence-electron chi connectivity index (χ2n) is 6.45. The van der Waals surface area contributed by atoms with E-state index in [1.807, 2.05) is 37.3 Å². The zero-order valence-electron chi connectivity index (χ0n) is 16.3. The number of hydrogen-bond acceptors (Lipinski definition) is 5. The maximum absolute atomic E-state index is 12.2. The molecule has 3 aromatic carbocycles. The summed E-state index contributed by atoms with van der Waals surface area (Å²) in [6, 6.07) is 21.6. The summed E-state index contributed by atoms with van der Waals surface area (Å²) in [7, 11) is 0. The highest BCUT2D eigenvalue weighted by Gasteiger charge is 2.11. The zero-order chi connectivity index (χ0) is 21.3. The van der Waals surface area contributed by atoms with Crippen molar-refractivity contribution in [3.63, 3.8) is 0 Å². The van der Waals surface area contributed by atoms with Crippen molar-refractivity contribution in [3.05, 3.63) is 94.0 Å². The van der Waals surface area contributed by atoms with Crippen molar-refractivity contribution in [2.24, 2.45) is 5.10 Å². The lowest BCUT2D eigenvalue weighted by atomic mass is 10.2. The van der Waals surface area contributed by atoms with Gasteiger partial charge >= 0.3 is 5.97 Å². The average molecular weight is 466 g/mol. The Hall–Kier alpha value is -3.45. The number of carbonyl (C=O) groups excluding carboxylic acids is 2. The van der Waals surface area contributed by atoms with Gasteiger partial charge in [-0.15, -0.1) is 0 Å². The molecule has 2 N–H and O–H groups in total. The quantitative estimate of drug-likeness (QED) is 0.232. The van der Waals surface area contributed by atoms with Gasteiger partial charge in [0.1, 0.15) is 5.75 Å². The van der Waals surface area contributed by atoms with Crippen LogP contribution in [0.2, 0.25) is 0 Å². The van der Waals surface area contributed by atoms with E-state index in [0.29, 0.717) is 15.8 Å². The van der Waals surface area contributed by atoms with Gasteiger partial charge in [0.25, 0.3) is 5.91 Å². The molecule has 0 aliphatic rings. The zero-order valence-corrected chi connectivity index (χ0v) is 17.8. The molecular weight excluding hydrogens is 446 g/mol. The van der Waals surface area contributed by atoms with Gasteiger partial charge in [-0.2, -0.15) is 5.10 Å². The predicted octanol–water partition coefficient (Wildman–Crippen LogP) is 4.54. The van der Waals surface area contributed by atoms with E-state index in [4.69, 9.17) is 4.74 Å². The number of halogens is 1. The van der Waals surface area contributed by atoms with Crippen molar-refractivity contribution in [2.45, 2.75) is 6.92 Å². The summed E-state index contributed by atoms with van der Waals surface area (Å²) < 4.78 is 6.04. The van der Waals surface area contributed by atoms with E-state index in [9.17, 15) is 9.59 Å². The number of amides is 1. The molecule has 0 aromatic heterocycles. The Morgan fingerprint density at radius 3 is 2.40 bits per heavy atom. The average Bonchev–Trinajstić information content (AvgIpc) is 2.75. The van der Waals surface area contributed by atoms with Gasteiger partial charge in [0, 0.05) is 10.2 Å². The molecule has 0 radical (unpaired) electrons. The molecule has 6 nitrogen and oxygen atoms in total. The number of aryl methyl sites for hydroxylation is 1. The third-order valence-corrected chi connectivity index (χ3v) is 4.78. The largest absolute Gasteiger partial charge is 0.423 e. The first kappa shape index (κ1) is 21.3. The third-order valence-electron chi connectivity index (χ3n) is 4.09. The smallest absolute Gasteiger partial charge is 0.344 e. The molecule has 0 aliphatic heterocycles. The second kappa shape index (κ2) is 10.4. The summed E-state index contributed by atoms with van der Waals surface area (Å²) in [6.07, 6.45) is 1.52. The molecule has 3 rings (SSSR count). The highest BCUT2D eigenvalue weighted by atomic mass is 79.9. The number of hydrazone groups is 1. The third kappa shape index (κ3) is 6.28. The SMILES string of the molecule is Cc1ccc(NCC(=O)N/N=C\c2ccc(OC(=O)c3ccccc3Br)cc2)cc1. The number of carbonyl (C=O) groups is 2. The van der Waals surface area contributed by atoms with Crippen LogP contribution in [0.3, 0.4) is 0 Å². The molecule has 1 amide bonds. The molecule has 152 valence electrons. The van der Waals surface area contributed by atoms with Crippen LogP contribution < -0.4 is 15.5 Å². The summed E-state index contributed by atoms with van der Waals surface area (Å²) in [5.74, 6) is -0.290. The Kier molecular flexibility index (Phi) is 7.34. The number of hydrogen-bond donors (Lipinski definition) is 2. The van der Waals surface area contributed by atoms with Crippen molar-refractivity contribution in [1.29, 1.82) is 0 Å². The molecule has 0 heterocycles. The molecule has 0 atom stereocenters. The number of anilines is 1. The van der Waals surface area contributed by atoms with Crippen molar-refractivity contribution in [1.82, 2.24) is 5.43 Å². The lowest BCUT2D eigenvalue weighted by molar-refractivity contribution is -0.119. The molecule has 0 aliphatic carbocycles. The van der Waals surface area contributed by atoms with Gasteiger partial charge in [-0.05, 0) is 76.9 Å². The standard InChI is InChI=1S/C23H20BrN3O3/c1-16-6-10-18(11-7-16)25-15-22(28)27-26-14-17-8-12-19(13-9-17)30-23(29)20-4-2-3-5-21(20)24/h2-14,25H,15H2,1H3,(H,27,28)/b26-14-. The minimum atomic E-state index is -0.447. The number of benzene rings is 3. The van der Waals surface area contributed by atoms with Crippen LogP contribution in [0, 0.1) is 6.92 Å². The molecule has 0 spiro atoms. The summed E-state index contributed by atoms with van der Waals surface area (Å²) in [5, 5.41) is 6.96. The second-order valence-corrected chi connectivity index (χ2v) is 7.31. The van der Waals surface area contributed by atoms with E-state index in [2.05, 4.69) is 31.8 Å². The van der Waals surface area contributed by atoms with E-state index in [0.717, 1.165) is 16.8 Å². The number of nitrogens with zero attached hydrogens (tertiary/aromatic N) is 1. The van der Waals surface area contributed by atoms with E-state index in [1.54, 1.807) is 42.5 Å². The number of rotatable bonds is 7. The van der Waals surface area contributed by atoms with Crippen LogP contribution in [0.4, 0.5) is 5.69 Å². The number of nitrogens with one attached hydrogen (secondary N) is 2. The summed E-state index contributed by atoms with van der Waals surface area (Å²) in [6.45, 7) is 2.12. The Bertz CT molecular complexity index is 1050. The van der Waals surface area contributed by atoms with Crippen LogP contribution >= 0.6 is 15.9 Å². The first-order valence-electron chi connectivity index (χ1n) is 9.20. The molecule has 30 heavy (non-hydrogen) atoms. The van der Waals surface area contributed by atoms with Crippen LogP contribution in [0.1, 0.15) is 21.5 Å². The van der Waals surface area contributed by atoms with Crippen LogP contribution in [-0.4, -0.2) is 24.6 Å². The Morgan fingerprint density at radius 2 is 1.70 bits per heavy atom. The summed E-state index contributed by atoms with van der Waals surface area (Å²) in [4.78, 5) is 24.1. The lowest BCUT2D eigenvalue weighted by Gasteiger charge is -2.06. The molecular formula is C23H20BrN3O3. The lowest BCUT2D eigenvalue weighted by Crippen LogP contribution is -2.25. The van der Waals surface area contributed by atoms with Crippen molar-refractivity contribution in [2.75, 3.05) is 11.9 Å². The Labute approximate surface area is 183 Å². The predicted molar refractivity (Wildman–Crippen MR) is 121 cm³/mol. The van der Waals surface area contributed by atoms with E-state index >= 15 is 0 Å². The van der Waals surface area contributed by atoms with Crippen molar-refractivity contribution in [3.8, 4) is 5.75 Å². The maximum Gasteiger partial charge on any atom is 0.344 e. The molecule has 0 fully saturated rings. The van der Waals surface area contributed by atoms with Gasteiger partial charge in [0.2, 0.25) is 0 Å². The van der Waals surface area contributed by atoms with Crippen molar-refractivity contribution >= 4 is 39.7 Å². The van der Waals surface area contributed by atoms with Gasteiger partial charge in [0.05, 0.1) is 18.3 Å². The molecule has 0 saturated heterocycles. The summed E-state index contributed by atoms with van der Waals surface area (Å²) in [5.41, 5.74) is 5.69. The fourth-order valence-electron chi connectivity index (χ4n) is 2.48. The monoisotopic (exact) mass is 465 g/mol. The van der Waals surface area contributed by atoms with E-state index in [-0.39, 0.29) is 12.5 Å². The Balaban J connectivity index is 1.47. The molecule has 7 heteroatoms. The van der Waals surface area contributed by atoms with E-state index in [1.165, 1.54) is 6.21 Å². The maximum atomic E-state index is 12.2. The minimum absolute atomic E-state index is 0.115. The van der Waals surface area contributed by atoms with E-state index < -0.39 is 5.97 Å². The fraction of sp³-hybridized carbons (Fsp3) is 0.0870. The van der Waals surface area contributed by atoms with Gasteiger partial charge in [-0.1, -0.05) is 29.8 Å². The topological polar surface area (TPSA) is 79.8 Å². The van der Waals surface area contributed by atoms with Crippen LogP contribution in [0.15, 0.2) is 82.4 Å². The molecule has 0 unspecified atom stereocenters. The highest BCUT2D eigenvalue weighted by Crippen LogP contribution is 2.19. The number of esters is 1. The molecule has 0 saturated carbocycles. The normalized spacial score (nSPS) is 10.6. The van der Waals surface area contributed by atoms with Crippen LogP contribution in [0.5, 0.6) is 5.75 Å². The van der Waals surface area contributed by atoms with Gasteiger partial charge in [-0.25, -0.2) is 10.2 Å². The van der Waals surface area contributed by atoms with Crippen LogP contribution in [0.25, 0.3) is 0 Å². The fourth-order valence-corrected chi connectivity index (χ4v) is 2.93. The van der Waals surface area contributed by atoms with Gasteiger partial charge < -0.3 is 10.1 Å². The highest BCUT2D eigenvalue weighted by molar-refractivity contribution is 9.10. The first-order chi connectivity index (χ1) is 14.5. The van der Waals surface area contributed by atoms with Gasteiger partial charge in [-0.3, -0.25) is 4.79 Å². The molecule has 0 bridgehead atoms. The molecule has 3 aromatic rings. The van der Waals surface area contributed by atoms with Gasteiger partial charge in [0.15, 0.2) is 0 Å². The summed E-state index contributed by atoms with van der Waals surface area (Å²) >= 11 is 3.33. The first-order valence-corrected chi connectivity index (χ1v) is 10.00. The number of ether oxygens (including phenoxy) is 1. The van der Waals surface area contributed by atoms with Crippen molar-refractivity contribution < 1.29 is 14.3 Å². The van der Waals surface area contributed by atoms with Crippen LogP contribution in [-0.2, 0) is 4.79 Å².